The molecule has 4 nitrogen and oxygen atoms in total. The van der Waals surface area contributed by atoms with Crippen LogP contribution in [0, 0.1) is 11.8 Å². The van der Waals surface area contributed by atoms with Crippen LogP contribution in [0.1, 0.15) is 100 Å². The molecule has 0 radical (unpaired) electrons. The fourth-order valence-corrected chi connectivity index (χ4v) is 4.52. The summed E-state index contributed by atoms with van der Waals surface area (Å²) < 4.78 is 5.41. The molecule has 4 rings (SSSR count). The molecule has 0 saturated carbocycles. The van der Waals surface area contributed by atoms with Crippen molar-refractivity contribution in [1.82, 2.24) is 15.1 Å². The summed E-state index contributed by atoms with van der Waals surface area (Å²) in [5.41, 5.74) is 0. The van der Waals surface area contributed by atoms with Gasteiger partial charge in [0.15, 0.2) is 0 Å². The SMILES string of the molecule is CC(C)C1CCCN1.CC(C)C1CCCO1.CC(C)N1CCC1.CC(C)N1CCCC1. The minimum Gasteiger partial charge on any atom is -0.378 e. The van der Waals surface area contributed by atoms with E-state index in [2.05, 4.69) is 70.5 Å². The van der Waals surface area contributed by atoms with Gasteiger partial charge in [0.2, 0.25) is 0 Å². The van der Waals surface area contributed by atoms with E-state index in [4.69, 9.17) is 4.74 Å². The summed E-state index contributed by atoms with van der Waals surface area (Å²) in [4.78, 5) is 5.00. The first-order valence-corrected chi connectivity index (χ1v) is 13.5. The topological polar surface area (TPSA) is 27.7 Å². The molecule has 4 aliphatic rings. The largest absolute Gasteiger partial charge is 0.378 e. The van der Waals surface area contributed by atoms with Gasteiger partial charge in [-0.15, -0.1) is 0 Å². The molecule has 0 bridgehead atoms. The van der Waals surface area contributed by atoms with Gasteiger partial charge >= 0.3 is 0 Å². The maximum atomic E-state index is 5.41. The van der Waals surface area contributed by atoms with Gasteiger partial charge in [-0.2, -0.15) is 0 Å². The molecule has 4 saturated heterocycles. The molecular weight excluding hydrogens is 382 g/mol. The molecule has 186 valence electrons. The maximum Gasteiger partial charge on any atom is 0.0598 e. The van der Waals surface area contributed by atoms with E-state index in [0.717, 1.165) is 36.6 Å². The fourth-order valence-electron chi connectivity index (χ4n) is 4.52. The van der Waals surface area contributed by atoms with Gasteiger partial charge in [0.25, 0.3) is 0 Å². The highest BCUT2D eigenvalue weighted by Crippen LogP contribution is 2.18. The molecule has 0 aromatic heterocycles. The van der Waals surface area contributed by atoms with E-state index in [0.29, 0.717) is 6.10 Å². The van der Waals surface area contributed by atoms with E-state index in [-0.39, 0.29) is 0 Å². The minimum atomic E-state index is 0.565. The molecule has 0 spiro atoms. The van der Waals surface area contributed by atoms with Crippen LogP contribution in [0.15, 0.2) is 0 Å². The zero-order chi connectivity index (χ0) is 23.2. The van der Waals surface area contributed by atoms with Gasteiger partial charge < -0.3 is 19.9 Å². The Kier molecular flexibility index (Phi) is 15.3. The number of nitrogens with zero attached hydrogens (tertiary/aromatic N) is 2. The van der Waals surface area contributed by atoms with Crippen molar-refractivity contribution >= 4 is 0 Å². The predicted octanol–water partition coefficient (Wildman–Crippen LogP) is 5.81. The van der Waals surface area contributed by atoms with Crippen LogP contribution < -0.4 is 5.32 Å². The molecule has 0 amide bonds. The van der Waals surface area contributed by atoms with E-state index in [1.165, 1.54) is 77.7 Å². The monoisotopic (exact) mass is 439 g/mol. The Morgan fingerprint density at radius 3 is 1.39 bits per heavy atom. The average molecular weight is 440 g/mol. The van der Waals surface area contributed by atoms with Gasteiger partial charge in [-0.25, -0.2) is 0 Å². The van der Waals surface area contributed by atoms with Crippen LogP contribution >= 0.6 is 0 Å². The number of hydrogen-bond acceptors (Lipinski definition) is 4. The molecule has 2 atom stereocenters. The van der Waals surface area contributed by atoms with Gasteiger partial charge in [-0.3, -0.25) is 0 Å². The number of ether oxygens (including phenoxy) is 1. The number of hydrogen-bond donors (Lipinski definition) is 1. The van der Waals surface area contributed by atoms with Crippen molar-refractivity contribution in [1.29, 1.82) is 0 Å². The summed E-state index contributed by atoms with van der Waals surface area (Å²) in [6, 6.07) is 2.38. The number of nitrogens with one attached hydrogen (secondary N) is 1. The molecule has 4 heteroatoms. The Labute approximate surface area is 195 Å². The summed E-state index contributed by atoms with van der Waals surface area (Å²) in [5, 5.41) is 3.46. The normalized spacial score (nSPS) is 26.3. The Bertz CT molecular complexity index is 355. The van der Waals surface area contributed by atoms with Crippen molar-refractivity contribution in [2.75, 3.05) is 39.3 Å². The van der Waals surface area contributed by atoms with E-state index in [1.807, 2.05) is 0 Å². The van der Waals surface area contributed by atoms with Crippen molar-refractivity contribution in [3.05, 3.63) is 0 Å². The molecule has 0 aromatic rings. The third kappa shape index (κ3) is 12.6. The highest BCUT2D eigenvalue weighted by molar-refractivity contribution is 4.76. The lowest BCUT2D eigenvalue weighted by atomic mass is 10.0. The zero-order valence-electron chi connectivity index (χ0n) is 22.5. The van der Waals surface area contributed by atoms with E-state index in [1.54, 1.807) is 0 Å². The minimum absolute atomic E-state index is 0.565. The van der Waals surface area contributed by atoms with Gasteiger partial charge in [0.05, 0.1) is 6.10 Å². The number of likely N-dealkylation sites (tertiary alicyclic amines) is 2. The molecule has 4 heterocycles. The summed E-state index contributed by atoms with van der Waals surface area (Å²) in [6.45, 7) is 25.6. The van der Waals surface area contributed by atoms with Gasteiger partial charge in [-0.1, -0.05) is 27.7 Å². The highest BCUT2D eigenvalue weighted by Gasteiger charge is 2.18. The van der Waals surface area contributed by atoms with E-state index in [9.17, 15) is 0 Å². The maximum absolute atomic E-state index is 5.41. The van der Waals surface area contributed by atoms with Crippen LogP contribution in [0.4, 0.5) is 0 Å². The van der Waals surface area contributed by atoms with Crippen LogP contribution in [0.25, 0.3) is 0 Å². The second kappa shape index (κ2) is 16.5. The second-order valence-corrected chi connectivity index (χ2v) is 11.1. The molecule has 2 unspecified atom stereocenters. The van der Waals surface area contributed by atoms with Crippen molar-refractivity contribution < 1.29 is 4.74 Å². The third-order valence-corrected chi connectivity index (χ3v) is 7.10. The van der Waals surface area contributed by atoms with Crippen LogP contribution in [0.3, 0.4) is 0 Å². The molecule has 4 aliphatic heterocycles. The third-order valence-electron chi connectivity index (χ3n) is 7.10. The van der Waals surface area contributed by atoms with Crippen LogP contribution in [-0.2, 0) is 4.74 Å². The number of rotatable bonds is 4. The van der Waals surface area contributed by atoms with Crippen molar-refractivity contribution in [2.45, 2.75) is 125 Å². The Morgan fingerprint density at radius 1 is 0.645 bits per heavy atom. The Hall–Kier alpha value is -0.160. The summed E-state index contributed by atoms with van der Waals surface area (Å²) in [7, 11) is 0. The second-order valence-electron chi connectivity index (χ2n) is 11.1. The molecule has 4 fully saturated rings. The molecule has 0 aromatic carbocycles. The molecule has 0 aliphatic carbocycles. The van der Waals surface area contributed by atoms with Gasteiger partial charge in [-0.05, 0) is 117 Å². The van der Waals surface area contributed by atoms with Crippen LogP contribution in [0.5, 0.6) is 0 Å². The lowest BCUT2D eigenvalue weighted by Gasteiger charge is -2.34. The first kappa shape index (κ1) is 28.9. The summed E-state index contributed by atoms with van der Waals surface area (Å²) >= 11 is 0. The average Bonchev–Trinajstić information content (AvgIpc) is 3.45. The van der Waals surface area contributed by atoms with E-state index < -0.39 is 0 Å². The van der Waals surface area contributed by atoms with Crippen molar-refractivity contribution in [2.24, 2.45) is 11.8 Å². The first-order chi connectivity index (χ1) is 14.7. The quantitative estimate of drug-likeness (QED) is 0.598. The van der Waals surface area contributed by atoms with Crippen molar-refractivity contribution in [3.63, 3.8) is 0 Å². The smallest absolute Gasteiger partial charge is 0.0598 e. The lowest BCUT2D eigenvalue weighted by Crippen LogP contribution is -2.41. The molecule has 31 heavy (non-hydrogen) atoms. The molecular formula is C27H57N3O. The Balaban J connectivity index is 0.000000207. The Morgan fingerprint density at radius 2 is 1.19 bits per heavy atom. The van der Waals surface area contributed by atoms with Gasteiger partial charge in [0.1, 0.15) is 0 Å². The van der Waals surface area contributed by atoms with E-state index >= 15 is 0 Å². The summed E-state index contributed by atoms with van der Waals surface area (Å²) in [6.07, 6.45) is 10.1. The predicted molar refractivity (Wildman–Crippen MR) is 137 cm³/mol. The standard InChI is InChI=1S/2C7H15N.C7H14O.C6H13N/c1-7(2)8-5-3-4-6-8;2*1-6(2)7-4-3-5-8-7;1-6(2)7-4-3-5-7/h7H,3-6H2,1-2H3;6-8H,3-5H2,1-2H3;6-7H,3-5H2,1-2H3;6H,3-5H2,1-2H3. The first-order valence-electron chi connectivity index (χ1n) is 13.5. The highest BCUT2D eigenvalue weighted by atomic mass is 16.5. The summed E-state index contributed by atoms with van der Waals surface area (Å²) in [5.74, 6) is 1.55. The van der Waals surface area contributed by atoms with Crippen molar-refractivity contribution in [3.8, 4) is 0 Å². The fraction of sp³-hybridized carbons (Fsp3) is 1.00. The zero-order valence-corrected chi connectivity index (χ0v) is 22.5. The molecule has 1 N–H and O–H groups in total. The van der Waals surface area contributed by atoms with Crippen LogP contribution in [-0.4, -0.2) is 73.4 Å². The lowest BCUT2D eigenvalue weighted by molar-refractivity contribution is 0.0758. The van der Waals surface area contributed by atoms with Gasteiger partial charge in [0, 0.05) is 24.7 Å². The van der Waals surface area contributed by atoms with Crippen LogP contribution in [0.2, 0.25) is 0 Å².